The van der Waals surface area contributed by atoms with Crippen molar-refractivity contribution in [2.45, 2.75) is 0 Å². The van der Waals surface area contributed by atoms with Crippen molar-refractivity contribution >= 4 is 12.2 Å². The number of nitrogens with one attached hydrogen (secondary N) is 2. The largest absolute Gasteiger partial charge is 0.356 e. The lowest BCUT2D eigenvalue weighted by molar-refractivity contribution is -0.120. The van der Waals surface area contributed by atoms with Crippen LogP contribution in [-0.2, 0) is 4.79 Å². The molecule has 0 saturated heterocycles. The van der Waals surface area contributed by atoms with Crippen molar-refractivity contribution in [3.05, 3.63) is 0 Å². The monoisotopic (exact) mass is 98.0 g/mol. The van der Waals surface area contributed by atoms with E-state index in [1.165, 1.54) is 0 Å². The van der Waals surface area contributed by atoms with Crippen LogP contribution in [0.2, 0.25) is 0 Å². The van der Waals surface area contributed by atoms with E-state index < -0.39 is 0 Å². The summed E-state index contributed by atoms with van der Waals surface area (Å²) in [6.07, 6.45) is 2.36. The maximum absolute atomic E-state index is 10.2. The molecule has 4 heteroatoms. The van der Waals surface area contributed by atoms with E-state index in [1.54, 1.807) is 0 Å². The summed E-state index contributed by atoms with van der Waals surface area (Å²) < 4.78 is 0. The number of carbonyl (C=O) groups is 1. The summed E-state index contributed by atoms with van der Waals surface area (Å²) in [5.41, 5.74) is 2.19. The minimum absolute atomic E-state index is 0.126. The molecule has 0 aromatic rings. The number of hydrazone groups is 1. The first kappa shape index (κ1) is 4.11. The molecule has 0 saturated carbocycles. The number of carbonyl (C=O) groups excluding carboxylic acids is 1. The Kier molecular flexibility index (Phi) is 0.934. The van der Waals surface area contributed by atoms with E-state index in [2.05, 4.69) is 22.2 Å². The lowest BCUT2D eigenvalue weighted by Crippen LogP contribution is -2.35. The number of hydrogen-bond donors (Lipinski definition) is 2. The lowest BCUT2D eigenvalue weighted by atomic mass is 10.6. The molecule has 0 atom stereocenters. The van der Waals surface area contributed by atoms with Gasteiger partial charge in [0.25, 0.3) is 5.91 Å². The van der Waals surface area contributed by atoms with Crippen molar-refractivity contribution in [3.63, 3.8) is 0 Å². The highest BCUT2D eigenvalue weighted by Crippen LogP contribution is 1.66. The topological polar surface area (TPSA) is 53.5 Å². The van der Waals surface area contributed by atoms with Gasteiger partial charge >= 0.3 is 0 Å². The second-order valence-electron chi connectivity index (χ2n) is 1.11. The van der Waals surface area contributed by atoms with Gasteiger partial charge in [-0.3, -0.25) is 4.79 Å². The molecule has 1 radical (unpaired) electrons. The average Bonchev–Trinajstić information content (AvgIpc) is 1.69. The van der Waals surface area contributed by atoms with Crippen LogP contribution in [0, 0.1) is 0 Å². The zero-order valence-corrected chi connectivity index (χ0v) is 3.56. The van der Waals surface area contributed by atoms with E-state index in [4.69, 9.17) is 0 Å². The Morgan fingerprint density at radius 3 is 3.00 bits per heavy atom. The maximum Gasteiger partial charge on any atom is 0.259 e. The minimum Gasteiger partial charge on any atom is -0.356 e. The fourth-order valence-electron chi connectivity index (χ4n) is 0.289. The summed E-state index contributed by atoms with van der Waals surface area (Å²) in [5, 5.41) is 5.80. The Hall–Kier alpha value is -1.06. The van der Waals surface area contributed by atoms with Gasteiger partial charge in [0.1, 0.15) is 0 Å². The van der Waals surface area contributed by atoms with Crippen molar-refractivity contribution in [2.24, 2.45) is 5.10 Å². The van der Waals surface area contributed by atoms with Crippen molar-refractivity contribution in [2.75, 3.05) is 6.54 Å². The standard InChI is InChI=1S/C3H4N3O/c7-3-1-4-2-5-6-3/h1H2,(H,4,5)(H,6,7). The zero-order valence-electron chi connectivity index (χ0n) is 3.56. The van der Waals surface area contributed by atoms with Gasteiger partial charge in [0.15, 0.2) is 6.34 Å². The molecular formula is C3H4N3O. The molecule has 0 aliphatic carbocycles. The summed E-state index contributed by atoms with van der Waals surface area (Å²) >= 11 is 0. The first-order valence-electron chi connectivity index (χ1n) is 1.86. The van der Waals surface area contributed by atoms with Crippen molar-refractivity contribution < 1.29 is 4.79 Å². The Labute approximate surface area is 40.6 Å². The predicted octanol–water partition coefficient (Wildman–Crippen LogP) is -1.47. The molecular weight excluding hydrogens is 94.1 g/mol. The molecule has 0 unspecified atom stereocenters. The van der Waals surface area contributed by atoms with Gasteiger partial charge in [-0.1, -0.05) is 0 Å². The normalized spacial score (nSPS) is 18.0. The fraction of sp³-hybridized carbons (Fsp3) is 0.333. The SMILES string of the molecule is O=C1CN[C]=NN1. The second-order valence-corrected chi connectivity index (χ2v) is 1.11. The van der Waals surface area contributed by atoms with Gasteiger partial charge in [0.05, 0.1) is 6.54 Å². The summed E-state index contributed by atoms with van der Waals surface area (Å²) in [6, 6.07) is 0. The smallest absolute Gasteiger partial charge is 0.259 e. The van der Waals surface area contributed by atoms with Crippen LogP contribution in [0.5, 0.6) is 0 Å². The molecule has 7 heavy (non-hydrogen) atoms. The van der Waals surface area contributed by atoms with Crippen LogP contribution in [0.3, 0.4) is 0 Å². The zero-order chi connectivity index (χ0) is 5.11. The van der Waals surface area contributed by atoms with Crippen LogP contribution in [0.25, 0.3) is 0 Å². The molecule has 0 aromatic carbocycles. The molecule has 0 aromatic heterocycles. The highest BCUT2D eigenvalue weighted by Gasteiger charge is 1.99. The third-order valence-corrected chi connectivity index (χ3v) is 0.565. The Morgan fingerprint density at radius 1 is 1.86 bits per heavy atom. The summed E-state index contributed by atoms with van der Waals surface area (Å²) in [4.78, 5) is 10.2. The van der Waals surface area contributed by atoms with E-state index in [9.17, 15) is 4.79 Å². The number of hydrogen-bond acceptors (Lipinski definition) is 3. The average molecular weight is 98.1 g/mol. The molecule has 37 valence electrons. The van der Waals surface area contributed by atoms with Gasteiger partial charge in [-0.25, -0.2) is 5.43 Å². The van der Waals surface area contributed by atoms with E-state index in [1.807, 2.05) is 0 Å². The Bertz CT molecular complexity index is 109. The molecule has 1 rings (SSSR count). The van der Waals surface area contributed by atoms with Crippen molar-refractivity contribution in [1.29, 1.82) is 0 Å². The minimum atomic E-state index is -0.126. The first-order valence-corrected chi connectivity index (χ1v) is 1.86. The highest BCUT2D eigenvalue weighted by molar-refractivity contribution is 5.82. The van der Waals surface area contributed by atoms with E-state index in [0.717, 1.165) is 0 Å². The van der Waals surface area contributed by atoms with Gasteiger partial charge in [-0.05, 0) is 0 Å². The van der Waals surface area contributed by atoms with E-state index in [0.29, 0.717) is 0 Å². The molecule has 0 fully saturated rings. The van der Waals surface area contributed by atoms with E-state index in [-0.39, 0.29) is 12.5 Å². The van der Waals surface area contributed by atoms with Crippen LogP contribution in [0.4, 0.5) is 0 Å². The molecule has 1 amide bonds. The van der Waals surface area contributed by atoms with Crippen LogP contribution in [-0.4, -0.2) is 18.8 Å². The van der Waals surface area contributed by atoms with Crippen LogP contribution in [0.15, 0.2) is 5.10 Å². The third-order valence-electron chi connectivity index (χ3n) is 0.565. The maximum atomic E-state index is 10.2. The molecule has 4 nitrogen and oxygen atoms in total. The molecule has 1 heterocycles. The third kappa shape index (κ3) is 0.887. The van der Waals surface area contributed by atoms with Crippen LogP contribution < -0.4 is 10.7 Å². The molecule has 0 bridgehead atoms. The predicted molar refractivity (Wildman–Crippen MR) is 23.6 cm³/mol. The Morgan fingerprint density at radius 2 is 2.71 bits per heavy atom. The number of rotatable bonds is 0. The summed E-state index contributed by atoms with van der Waals surface area (Å²) in [7, 11) is 0. The first-order chi connectivity index (χ1) is 3.39. The molecule has 1 aliphatic heterocycles. The quantitative estimate of drug-likeness (QED) is 0.388. The molecule has 0 spiro atoms. The van der Waals surface area contributed by atoms with E-state index >= 15 is 0 Å². The summed E-state index contributed by atoms with van der Waals surface area (Å²) in [5.74, 6) is -0.126. The van der Waals surface area contributed by atoms with Gasteiger partial charge < -0.3 is 5.32 Å². The van der Waals surface area contributed by atoms with Crippen molar-refractivity contribution in [3.8, 4) is 0 Å². The highest BCUT2D eigenvalue weighted by atomic mass is 16.2. The summed E-state index contributed by atoms with van der Waals surface area (Å²) in [6.45, 7) is 0.281. The Balaban J connectivity index is 2.47. The van der Waals surface area contributed by atoms with Gasteiger partial charge in [-0.15, -0.1) is 0 Å². The van der Waals surface area contributed by atoms with Gasteiger partial charge in [0, 0.05) is 0 Å². The van der Waals surface area contributed by atoms with Crippen LogP contribution in [0.1, 0.15) is 0 Å². The second kappa shape index (κ2) is 1.59. The van der Waals surface area contributed by atoms with Crippen LogP contribution >= 0.6 is 0 Å². The fourth-order valence-corrected chi connectivity index (χ4v) is 0.289. The lowest BCUT2D eigenvalue weighted by Gasteiger charge is -2.01. The molecule has 2 N–H and O–H groups in total. The number of amides is 1. The van der Waals surface area contributed by atoms with Gasteiger partial charge in [0.2, 0.25) is 0 Å². The molecule has 1 aliphatic rings. The number of nitrogens with zero attached hydrogens (tertiary/aromatic N) is 1. The van der Waals surface area contributed by atoms with Crippen molar-refractivity contribution in [1.82, 2.24) is 10.7 Å². The van der Waals surface area contributed by atoms with Gasteiger partial charge in [-0.2, -0.15) is 5.10 Å².